The molecule has 0 aromatic heterocycles. The zero-order chi connectivity index (χ0) is 8.27. The Hall–Kier alpha value is -0.120. The Morgan fingerprint density at radius 1 is 1.55 bits per heavy atom. The van der Waals surface area contributed by atoms with E-state index in [1.54, 1.807) is 0 Å². The summed E-state index contributed by atoms with van der Waals surface area (Å²) >= 11 is 0. The van der Waals surface area contributed by atoms with Gasteiger partial charge in [-0.05, 0) is 13.0 Å². The number of rotatable bonds is 2. The number of morpholine rings is 1. The van der Waals surface area contributed by atoms with E-state index in [-0.39, 0.29) is 0 Å². The molecule has 0 aliphatic carbocycles. The molecule has 1 N–H and O–H groups in total. The van der Waals surface area contributed by atoms with Crippen LogP contribution in [0.15, 0.2) is 0 Å². The third kappa shape index (κ3) is 2.15. The van der Waals surface area contributed by atoms with Crippen molar-refractivity contribution < 1.29 is 4.74 Å². The normalized spacial score (nSPS) is 27.8. The van der Waals surface area contributed by atoms with Gasteiger partial charge >= 0.3 is 0 Å². The average Bonchev–Trinajstić information content (AvgIpc) is 2.04. The number of nitrogens with zero attached hydrogens (tertiary/aromatic N) is 1. The number of hydrogen-bond acceptors (Lipinski definition) is 3. The van der Waals surface area contributed by atoms with Crippen LogP contribution in [0.3, 0.4) is 0 Å². The van der Waals surface area contributed by atoms with E-state index in [1.165, 1.54) is 0 Å². The summed E-state index contributed by atoms with van der Waals surface area (Å²) in [4.78, 5) is 0. The van der Waals surface area contributed by atoms with E-state index in [9.17, 15) is 0 Å². The van der Waals surface area contributed by atoms with Gasteiger partial charge in [-0.15, -0.1) is 0 Å². The molecule has 1 aliphatic heterocycles. The summed E-state index contributed by atoms with van der Waals surface area (Å²) in [5.41, 5.74) is 3.19. The first kappa shape index (κ1) is 8.97. The van der Waals surface area contributed by atoms with Gasteiger partial charge in [0, 0.05) is 6.54 Å². The summed E-state index contributed by atoms with van der Waals surface area (Å²) in [5, 5.41) is 2.26. The van der Waals surface area contributed by atoms with Crippen molar-refractivity contribution in [2.45, 2.75) is 19.9 Å². The minimum Gasteiger partial charge on any atom is -0.378 e. The Labute approximate surface area is 68.7 Å². The average molecular weight is 158 g/mol. The van der Waals surface area contributed by atoms with E-state index < -0.39 is 0 Å². The summed E-state index contributed by atoms with van der Waals surface area (Å²) in [6.07, 6.45) is 0. The van der Waals surface area contributed by atoms with Crippen molar-refractivity contribution in [3.05, 3.63) is 0 Å². The van der Waals surface area contributed by atoms with E-state index in [0.29, 0.717) is 12.0 Å². The number of hydrazine groups is 1. The Bertz CT molecular complexity index is 117. The predicted molar refractivity (Wildman–Crippen MR) is 45.2 cm³/mol. The molecule has 1 atom stereocenters. The van der Waals surface area contributed by atoms with E-state index in [0.717, 1.165) is 19.8 Å². The second kappa shape index (κ2) is 4.04. The van der Waals surface area contributed by atoms with Crippen LogP contribution in [0.4, 0.5) is 0 Å². The summed E-state index contributed by atoms with van der Waals surface area (Å²) in [5.74, 6) is 0.655. The third-order valence-electron chi connectivity index (χ3n) is 2.22. The minimum atomic E-state index is 0.536. The van der Waals surface area contributed by atoms with Crippen LogP contribution in [-0.4, -0.2) is 37.9 Å². The Morgan fingerprint density at radius 2 is 2.27 bits per heavy atom. The van der Waals surface area contributed by atoms with Crippen LogP contribution >= 0.6 is 0 Å². The van der Waals surface area contributed by atoms with Crippen molar-refractivity contribution in [2.24, 2.45) is 5.92 Å². The molecule has 1 saturated heterocycles. The number of hydrogen-bond donors (Lipinski definition) is 1. The monoisotopic (exact) mass is 158 g/mol. The molecule has 3 heteroatoms. The molecular weight excluding hydrogens is 140 g/mol. The molecule has 0 spiro atoms. The van der Waals surface area contributed by atoms with Crippen molar-refractivity contribution in [3.8, 4) is 0 Å². The summed E-state index contributed by atoms with van der Waals surface area (Å²) < 4.78 is 5.39. The van der Waals surface area contributed by atoms with Crippen molar-refractivity contribution in [2.75, 3.05) is 26.8 Å². The second-order valence-corrected chi connectivity index (χ2v) is 3.30. The first-order valence-electron chi connectivity index (χ1n) is 4.27. The van der Waals surface area contributed by atoms with E-state index in [4.69, 9.17) is 4.74 Å². The molecule has 3 nitrogen and oxygen atoms in total. The van der Waals surface area contributed by atoms with Crippen LogP contribution in [0.2, 0.25) is 0 Å². The van der Waals surface area contributed by atoms with Gasteiger partial charge < -0.3 is 4.74 Å². The highest BCUT2D eigenvalue weighted by Crippen LogP contribution is 2.12. The highest BCUT2D eigenvalue weighted by Gasteiger charge is 2.24. The number of nitrogens with one attached hydrogen (secondary N) is 1. The van der Waals surface area contributed by atoms with Crippen molar-refractivity contribution in [1.29, 1.82) is 0 Å². The SMILES string of the molecule is CNN1CCOCC1C(C)C. The Balaban J connectivity index is 2.44. The first-order chi connectivity index (χ1) is 5.25. The quantitative estimate of drug-likeness (QED) is 0.632. The lowest BCUT2D eigenvalue weighted by molar-refractivity contribution is -0.0459. The largest absolute Gasteiger partial charge is 0.378 e. The molecule has 66 valence electrons. The summed E-state index contributed by atoms with van der Waals surface area (Å²) in [7, 11) is 1.97. The smallest absolute Gasteiger partial charge is 0.0639 e. The summed E-state index contributed by atoms with van der Waals surface area (Å²) in [6.45, 7) is 7.16. The van der Waals surface area contributed by atoms with Gasteiger partial charge in [0.2, 0.25) is 0 Å². The van der Waals surface area contributed by atoms with Gasteiger partial charge in [-0.1, -0.05) is 13.8 Å². The lowest BCUT2D eigenvalue weighted by atomic mass is 10.0. The van der Waals surface area contributed by atoms with Gasteiger partial charge in [-0.3, -0.25) is 5.43 Å². The molecule has 0 amide bonds. The van der Waals surface area contributed by atoms with Crippen molar-refractivity contribution >= 4 is 0 Å². The van der Waals surface area contributed by atoms with Crippen molar-refractivity contribution in [1.82, 2.24) is 10.4 Å². The van der Waals surface area contributed by atoms with Crippen LogP contribution in [0.1, 0.15) is 13.8 Å². The molecule has 0 aromatic carbocycles. The van der Waals surface area contributed by atoms with Gasteiger partial charge in [-0.25, -0.2) is 5.01 Å². The maximum absolute atomic E-state index is 5.39. The number of ether oxygens (including phenoxy) is 1. The molecule has 1 rings (SSSR count). The van der Waals surface area contributed by atoms with E-state index in [2.05, 4.69) is 24.3 Å². The van der Waals surface area contributed by atoms with Gasteiger partial charge in [-0.2, -0.15) is 0 Å². The molecule has 1 aliphatic rings. The van der Waals surface area contributed by atoms with Crippen LogP contribution in [0, 0.1) is 5.92 Å². The lowest BCUT2D eigenvalue weighted by Gasteiger charge is -2.37. The Kier molecular flexibility index (Phi) is 3.30. The molecule has 0 saturated carbocycles. The topological polar surface area (TPSA) is 24.5 Å². The molecule has 1 heterocycles. The molecule has 0 bridgehead atoms. The highest BCUT2D eigenvalue weighted by atomic mass is 16.5. The van der Waals surface area contributed by atoms with E-state index >= 15 is 0 Å². The lowest BCUT2D eigenvalue weighted by Crippen LogP contribution is -2.53. The van der Waals surface area contributed by atoms with Gasteiger partial charge in [0.05, 0.1) is 19.3 Å². The minimum absolute atomic E-state index is 0.536. The second-order valence-electron chi connectivity index (χ2n) is 3.30. The predicted octanol–water partition coefficient (Wildman–Crippen LogP) is 0.478. The zero-order valence-electron chi connectivity index (χ0n) is 7.63. The van der Waals surface area contributed by atoms with Gasteiger partial charge in [0.25, 0.3) is 0 Å². The molecule has 0 radical (unpaired) electrons. The fourth-order valence-corrected chi connectivity index (χ4v) is 1.45. The van der Waals surface area contributed by atoms with Gasteiger partial charge in [0.15, 0.2) is 0 Å². The summed E-state index contributed by atoms with van der Waals surface area (Å²) in [6, 6.07) is 0.536. The standard InChI is InChI=1S/C8H18N2O/c1-7(2)8-6-11-5-4-10(8)9-3/h7-9H,4-6H2,1-3H3. The van der Waals surface area contributed by atoms with Crippen LogP contribution in [0.5, 0.6) is 0 Å². The highest BCUT2D eigenvalue weighted by molar-refractivity contribution is 4.74. The first-order valence-corrected chi connectivity index (χ1v) is 4.27. The van der Waals surface area contributed by atoms with Crippen LogP contribution in [-0.2, 0) is 4.74 Å². The maximum atomic E-state index is 5.39. The Morgan fingerprint density at radius 3 is 2.73 bits per heavy atom. The van der Waals surface area contributed by atoms with Gasteiger partial charge in [0.1, 0.15) is 0 Å². The van der Waals surface area contributed by atoms with E-state index in [1.807, 2.05) is 7.05 Å². The fraction of sp³-hybridized carbons (Fsp3) is 1.00. The molecule has 0 aromatic rings. The van der Waals surface area contributed by atoms with Crippen molar-refractivity contribution in [3.63, 3.8) is 0 Å². The fourth-order valence-electron chi connectivity index (χ4n) is 1.45. The third-order valence-corrected chi connectivity index (χ3v) is 2.22. The molecule has 1 unspecified atom stereocenters. The van der Waals surface area contributed by atoms with Crippen LogP contribution in [0.25, 0.3) is 0 Å². The molecule has 11 heavy (non-hydrogen) atoms. The molecular formula is C8H18N2O. The van der Waals surface area contributed by atoms with Crippen LogP contribution < -0.4 is 5.43 Å². The maximum Gasteiger partial charge on any atom is 0.0639 e. The zero-order valence-corrected chi connectivity index (χ0v) is 7.63. The molecule has 1 fully saturated rings.